The Morgan fingerprint density at radius 3 is 2.50 bits per heavy atom. The summed E-state index contributed by atoms with van der Waals surface area (Å²) in [5.41, 5.74) is 1.58. The van der Waals surface area contributed by atoms with Gasteiger partial charge in [0.05, 0.1) is 5.69 Å². The molecule has 1 N–H and O–H groups in total. The lowest BCUT2D eigenvalue weighted by Gasteiger charge is -2.34. The van der Waals surface area contributed by atoms with Gasteiger partial charge in [-0.2, -0.15) is 0 Å². The van der Waals surface area contributed by atoms with Crippen LogP contribution in [0.15, 0.2) is 53.4 Å². The number of para-hydroxylation sites is 1. The van der Waals surface area contributed by atoms with Crippen LogP contribution in [0.25, 0.3) is 0 Å². The number of carbonyl (C=O) groups excluding carboxylic acids is 3. The molecule has 2 aromatic carbocycles. The monoisotopic (exact) mass is 443 g/mol. The topological polar surface area (TPSA) is 69.7 Å². The highest BCUT2D eigenvalue weighted by molar-refractivity contribution is 8.01. The van der Waals surface area contributed by atoms with Crippen molar-refractivity contribution in [2.45, 2.75) is 29.5 Å². The van der Waals surface area contributed by atoms with Crippen LogP contribution in [0.4, 0.5) is 5.69 Å². The highest BCUT2D eigenvalue weighted by Gasteiger charge is 2.41. The number of likely N-dealkylation sites (tertiary alicyclic amines) is 1. The quantitative estimate of drug-likeness (QED) is 0.721. The van der Waals surface area contributed by atoms with Gasteiger partial charge in [-0.25, -0.2) is 0 Å². The van der Waals surface area contributed by atoms with Crippen LogP contribution in [0.3, 0.4) is 0 Å². The molecule has 8 heteroatoms. The van der Waals surface area contributed by atoms with Gasteiger partial charge in [-0.15, -0.1) is 11.8 Å². The molecular formula is C22H22ClN3O3S. The third-order valence-electron chi connectivity index (χ3n) is 5.24. The van der Waals surface area contributed by atoms with E-state index in [1.807, 2.05) is 36.4 Å². The summed E-state index contributed by atoms with van der Waals surface area (Å²) in [7, 11) is 0. The molecule has 3 amide bonds. The van der Waals surface area contributed by atoms with Crippen molar-refractivity contribution < 1.29 is 14.4 Å². The van der Waals surface area contributed by atoms with Crippen molar-refractivity contribution in [2.24, 2.45) is 0 Å². The molecule has 1 fully saturated rings. The second-order valence-corrected chi connectivity index (χ2v) is 8.91. The van der Waals surface area contributed by atoms with Gasteiger partial charge in [0.15, 0.2) is 5.25 Å². The van der Waals surface area contributed by atoms with Gasteiger partial charge in [0.1, 0.15) is 6.54 Å². The molecule has 2 aliphatic heterocycles. The molecule has 4 rings (SSSR count). The van der Waals surface area contributed by atoms with Crippen LogP contribution in [0.2, 0.25) is 5.02 Å². The Bertz CT molecular complexity index is 960. The average molecular weight is 444 g/mol. The fourth-order valence-electron chi connectivity index (χ4n) is 3.64. The minimum Gasteiger partial charge on any atom is -0.350 e. The van der Waals surface area contributed by atoms with Gasteiger partial charge < -0.3 is 15.1 Å². The number of rotatable bonds is 5. The summed E-state index contributed by atoms with van der Waals surface area (Å²) in [6, 6.07) is 14.6. The number of amides is 3. The maximum absolute atomic E-state index is 13.2. The molecule has 0 radical (unpaired) electrons. The molecule has 6 nitrogen and oxygen atoms in total. The fourth-order valence-corrected chi connectivity index (χ4v) is 4.96. The normalized spacial score (nSPS) is 18.3. The number of anilines is 1. The molecular weight excluding hydrogens is 422 g/mol. The Morgan fingerprint density at radius 1 is 1.07 bits per heavy atom. The summed E-state index contributed by atoms with van der Waals surface area (Å²) in [6.45, 7) is 1.58. The van der Waals surface area contributed by atoms with Crippen molar-refractivity contribution in [1.29, 1.82) is 0 Å². The molecule has 0 saturated carbocycles. The van der Waals surface area contributed by atoms with Crippen LogP contribution < -0.4 is 10.2 Å². The summed E-state index contributed by atoms with van der Waals surface area (Å²) >= 11 is 7.16. The smallest absolute Gasteiger partial charge is 0.250 e. The number of benzene rings is 2. The Labute approximate surface area is 184 Å². The summed E-state index contributed by atoms with van der Waals surface area (Å²) in [4.78, 5) is 42.8. The van der Waals surface area contributed by atoms with Crippen molar-refractivity contribution in [3.8, 4) is 0 Å². The molecule has 0 aliphatic carbocycles. The first-order valence-corrected chi connectivity index (χ1v) is 11.2. The second-order valence-electron chi connectivity index (χ2n) is 7.33. The number of halogens is 1. The number of hydrogen-bond donors (Lipinski definition) is 1. The summed E-state index contributed by atoms with van der Waals surface area (Å²) < 4.78 is 0. The fraction of sp³-hybridized carbons (Fsp3) is 0.318. The Hall–Kier alpha value is -2.51. The number of thioether (sulfide) groups is 1. The zero-order chi connectivity index (χ0) is 21.1. The number of carbonyl (C=O) groups is 3. The van der Waals surface area contributed by atoms with Crippen molar-refractivity contribution in [2.75, 3.05) is 24.5 Å². The van der Waals surface area contributed by atoms with E-state index < -0.39 is 5.25 Å². The zero-order valence-corrected chi connectivity index (χ0v) is 17.9. The van der Waals surface area contributed by atoms with E-state index in [4.69, 9.17) is 11.6 Å². The number of nitrogens with zero attached hydrogens (tertiary/aromatic N) is 2. The van der Waals surface area contributed by atoms with E-state index in [9.17, 15) is 14.4 Å². The first kappa shape index (κ1) is 20.8. The standard InChI is InChI=1S/C22H22ClN3O3S/c23-16-9-7-15(8-10-16)13-24-19(27)14-26-17-5-1-2-6-18(17)30-20(22(26)29)21(28)25-11-3-4-12-25/h1-2,5-10,20H,3-4,11-14H2,(H,24,27). The lowest BCUT2D eigenvalue weighted by molar-refractivity contribution is -0.134. The van der Waals surface area contributed by atoms with Crippen molar-refractivity contribution in [3.05, 3.63) is 59.1 Å². The number of fused-ring (bicyclic) bond motifs is 1. The van der Waals surface area contributed by atoms with Gasteiger partial charge in [-0.3, -0.25) is 14.4 Å². The van der Waals surface area contributed by atoms with E-state index in [2.05, 4.69) is 5.32 Å². The van der Waals surface area contributed by atoms with Crippen molar-refractivity contribution >= 4 is 46.8 Å². The van der Waals surface area contributed by atoms with Crippen LogP contribution in [-0.2, 0) is 20.9 Å². The van der Waals surface area contributed by atoms with Crippen LogP contribution in [0, 0.1) is 0 Å². The predicted octanol–water partition coefficient (Wildman–Crippen LogP) is 3.09. The molecule has 30 heavy (non-hydrogen) atoms. The minimum absolute atomic E-state index is 0.131. The largest absolute Gasteiger partial charge is 0.350 e. The van der Waals surface area contributed by atoms with Gasteiger partial charge in [0.2, 0.25) is 11.8 Å². The molecule has 156 valence electrons. The van der Waals surface area contributed by atoms with Crippen molar-refractivity contribution in [3.63, 3.8) is 0 Å². The summed E-state index contributed by atoms with van der Waals surface area (Å²) in [5.74, 6) is -0.784. The molecule has 0 aromatic heterocycles. The first-order valence-electron chi connectivity index (χ1n) is 9.90. The SMILES string of the molecule is O=C(CN1C(=O)C(C(=O)N2CCCC2)Sc2ccccc21)NCc1ccc(Cl)cc1. The lowest BCUT2D eigenvalue weighted by atomic mass is 10.2. The van der Waals surface area contributed by atoms with Crippen LogP contribution >= 0.6 is 23.4 Å². The Balaban J connectivity index is 1.48. The number of hydrogen-bond acceptors (Lipinski definition) is 4. The second kappa shape index (κ2) is 9.10. The maximum Gasteiger partial charge on any atom is 0.250 e. The van der Waals surface area contributed by atoms with E-state index in [1.54, 1.807) is 17.0 Å². The van der Waals surface area contributed by atoms with Crippen molar-refractivity contribution in [1.82, 2.24) is 10.2 Å². The number of nitrogens with one attached hydrogen (secondary N) is 1. The van der Waals surface area contributed by atoms with E-state index in [0.717, 1.165) is 23.3 Å². The van der Waals surface area contributed by atoms with E-state index in [0.29, 0.717) is 30.3 Å². The van der Waals surface area contributed by atoms with Gasteiger partial charge in [0, 0.05) is 29.6 Å². The molecule has 2 aliphatic rings. The molecule has 1 saturated heterocycles. The van der Waals surface area contributed by atoms with Gasteiger partial charge >= 0.3 is 0 Å². The van der Waals surface area contributed by atoms with Crippen LogP contribution in [0.5, 0.6) is 0 Å². The molecule has 2 aromatic rings. The molecule has 0 spiro atoms. The zero-order valence-electron chi connectivity index (χ0n) is 16.3. The highest BCUT2D eigenvalue weighted by atomic mass is 35.5. The molecule has 1 atom stereocenters. The first-order chi connectivity index (χ1) is 14.5. The predicted molar refractivity (Wildman–Crippen MR) is 118 cm³/mol. The van der Waals surface area contributed by atoms with E-state index in [-0.39, 0.29) is 24.3 Å². The average Bonchev–Trinajstić information content (AvgIpc) is 3.29. The Kier molecular flexibility index (Phi) is 6.29. The summed E-state index contributed by atoms with van der Waals surface area (Å²) in [5, 5.41) is 2.62. The third kappa shape index (κ3) is 4.47. The van der Waals surface area contributed by atoms with Gasteiger partial charge in [-0.05, 0) is 42.7 Å². The minimum atomic E-state index is -0.845. The van der Waals surface area contributed by atoms with Gasteiger partial charge in [-0.1, -0.05) is 35.9 Å². The molecule has 2 heterocycles. The maximum atomic E-state index is 13.2. The lowest BCUT2D eigenvalue weighted by Crippen LogP contribution is -2.51. The summed E-state index contributed by atoms with van der Waals surface area (Å²) in [6.07, 6.45) is 1.93. The molecule has 0 bridgehead atoms. The van der Waals surface area contributed by atoms with E-state index in [1.165, 1.54) is 16.7 Å². The van der Waals surface area contributed by atoms with Crippen LogP contribution in [-0.4, -0.2) is 47.5 Å². The van der Waals surface area contributed by atoms with Gasteiger partial charge in [0.25, 0.3) is 5.91 Å². The molecule has 1 unspecified atom stereocenters. The Morgan fingerprint density at radius 2 is 1.77 bits per heavy atom. The van der Waals surface area contributed by atoms with E-state index >= 15 is 0 Å². The van der Waals surface area contributed by atoms with Crippen LogP contribution in [0.1, 0.15) is 18.4 Å². The third-order valence-corrected chi connectivity index (χ3v) is 6.73. The highest BCUT2D eigenvalue weighted by Crippen LogP contribution is 2.39.